The summed E-state index contributed by atoms with van der Waals surface area (Å²) in [4.78, 5) is 28.0. The first-order valence-corrected chi connectivity index (χ1v) is 9.58. The molecule has 3 rings (SSSR count). The molecule has 2 aromatic carbocycles. The van der Waals surface area contributed by atoms with Crippen molar-refractivity contribution in [3.05, 3.63) is 65.5 Å². The lowest BCUT2D eigenvalue weighted by Gasteiger charge is -2.44. The maximum absolute atomic E-state index is 13.1. The lowest BCUT2D eigenvalue weighted by atomic mass is 10.1. The van der Waals surface area contributed by atoms with Crippen LogP contribution >= 0.6 is 0 Å². The number of halogens is 1. The summed E-state index contributed by atoms with van der Waals surface area (Å²) >= 11 is 0. The van der Waals surface area contributed by atoms with Crippen molar-refractivity contribution in [2.45, 2.75) is 32.5 Å². The highest BCUT2D eigenvalue weighted by Gasteiger charge is 2.32. The number of carbonyl (C=O) groups is 2. The molecule has 0 bridgehead atoms. The Labute approximate surface area is 169 Å². The van der Waals surface area contributed by atoms with Crippen LogP contribution in [-0.4, -0.2) is 58.6 Å². The van der Waals surface area contributed by atoms with Gasteiger partial charge in [0.1, 0.15) is 17.1 Å². The van der Waals surface area contributed by atoms with Crippen molar-refractivity contribution >= 4 is 11.9 Å². The van der Waals surface area contributed by atoms with Gasteiger partial charge >= 0.3 is 5.97 Å². The van der Waals surface area contributed by atoms with E-state index in [1.54, 1.807) is 35.2 Å². The molecular formula is C22H25FN2O4. The fourth-order valence-corrected chi connectivity index (χ4v) is 3.58. The molecule has 0 aromatic heterocycles. The van der Waals surface area contributed by atoms with E-state index in [-0.39, 0.29) is 41.7 Å². The second kappa shape index (κ2) is 9.05. The average molecular weight is 400 g/mol. The minimum Gasteiger partial charge on any atom is -0.483 e. The molecular weight excluding hydrogens is 375 g/mol. The van der Waals surface area contributed by atoms with Crippen LogP contribution in [0.1, 0.15) is 29.8 Å². The third kappa shape index (κ3) is 5.12. The van der Waals surface area contributed by atoms with Crippen LogP contribution in [0.3, 0.4) is 0 Å². The van der Waals surface area contributed by atoms with Gasteiger partial charge in [-0.15, -0.1) is 0 Å². The minimum absolute atomic E-state index is 0.0162. The number of piperazine rings is 1. The highest BCUT2D eigenvalue weighted by molar-refractivity contribution is 5.91. The molecule has 1 aliphatic rings. The first kappa shape index (κ1) is 20.8. The molecule has 29 heavy (non-hydrogen) atoms. The lowest BCUT2D eigenvalue weighted by molar-refractivity contribution is -0.139. The second-order valence-electron chi connectivity index (χ2n) is 7.39. The number of carboxylic acids is 1. The molecule has 1 heterocycles. The van der Waals surface area contributed by atoms with Crippen LogP contribution in [0.5, 0.6) is 5.75 Å². The number of hydrogen-bond donors (Lipinski definition) is 1. The Morgan fingerprint density at radius 3 is 2.45 bits per heavy atom. The number of hydrogen-bond acceptors (Lipinski definition) is 4. The normalized spacial score (nSPS) is 19.8. The van der Waals surface area contributed by atoms with Gasteiger partial charge in [0.2, 0.25) is 0 Å². The number of benzene rings is 2. The molecule has 2 atom stereocenters. The van der Waals surface area contributed by atoms with Crippen LogP contribution in [0.25, 0.3) is 0 Å². The standard InChI is InChI=1S/C22H25FN2O4/c1-15-12-25(16(2)11-24(15)13-17-7-9-18(23)10-8-17)21(26)14-29-20-6-4-3-5-19(20)22(27)28/h3-10,15-16H,11-14H2,1-2H3,(H,27,28). The van der Waals surface area contributed by atoms with Gasteiger partial charge in [0.15, 0.2) is 6.61 Å². The smallest absolute Gasteiger partial charge is 0.339 e. The molecule has 1 N–H and O–H groups in total. The Balaban J connectivity index is 1.59. The number of rotatable bonds is 6. The van der Waals surface area contributed by atoms with Gasteiger partial charge in [0.25, 0.3) is 5.91 Å². The van der Waals surface area contributed by atoms with Crippen LogP contribution in [0.15, 0.2) is 48.5 Å². The third-order valence-electron chi connectivity index (χ3n) is 5.20. The zero-order chi connectivity index (χ0) is 21.0. The molecule has 1 fully saturated rings. The number of aromatic carboxylic acids is 1. The second-order valence-corrected chi connectivity index (χ2v) is 7.39. The van der Waals surface area contributed by atoms with Crippen molar-refractivity contribution < 1.29 is 23.8 Å². The van der Waals surface area contributed by atoms with Crippen LogP contribution < -0.4 is 4.74 Å². The Morgan fingerprint density at radius 1 is 1.07 bits per heavy atom. The van der Waals surface area contributed by atoms with E-state index in [0.717, 1.165) is 5.56 Å². The highest BCUT2D eigenvalue weighted by Crippen LogP contribution is 2.21. The first-order chi connectivity index (χ1) is 13.8. The summed E-state index contributed by atoms with van der Waals surface area (Å²) in [6.45, 7) is 5.75. The van der Waals surface area contributed by atoms with Gasteiger partial charge in [0, 0.05) is 31.7 Å². The van der Waals surface area contributed by atoms with E-state index in [1.165, 1.54) is 18.2 Å². The van der Waals surface area contributed by atoms with Gasteiger partial charge < -0.3 is 14.7 Å². The van der Waals surface area contributed by atoms with Crippen molar-refractivity contribution in [1.82, 2.24) is 9.80 Å². The number of ether oxygens (including phenoxy) is 1. The van der Waals surface area contributed by atoms with Crippen molar-refractivity contribution in [2.24, 2.45) is 0 Å². The van der Waals surface area contributed by atoms with E-state index in [1.807, 2.05) is 6.92 Å². The van der Waals surface area contributed by atoms with E-state index >= 15 is 0 Å². The van der Waals surface area contributed by atoms with Crippen molar-refractivity contribution in [3.63, 3.8) is 0 Å². The third-order valence-corrected chi connectivity index (χ3v) is 5.20. The number of carboxylic acid groups (broad SMARTS) is 1. The van der Waals surface area contributed by atoms with Gasteiger partial charge in [-0.3, -0.25) is 9.69 Å². The number of nitrogens with zero attached hydrogens (tertiary/aromatic N) is 2. The lowest BCUT2D eigenvalue weighted by Crippen LogP contribution is -2.58. The molecule has 0 aliphatic carbocycles. The van der Waals surface area contributed by atoms with E-state index in [0.29, 0.717) is 19.6 Å². The molecule has 1 saturated heterocycles. The molecule has 7 heteroatoms. The van der Waals surface area contributed by atoms with Gasteiger partial charge in [-0.05, 0) is 43.7 Å². The molecule has 0 saturated carbocycles. The topological polar surface area (TPSA) is 70.1 Å². The maximum atomic E-state index is 13.1. The molecule has 154 valence electrons. The summed E-state index contributed by atoms with van der Waals surface area (Å²) in [5.74, 6) is -1.34. The number of amides is 1. The zero-order valence-corrected chi connectivity index (χ0v) is 16.5. The number of para-hydroxylation sites is 1. The summed E-state index contributed by atoms with van der Waals surface area (Å²) in [7, 11) is 0. The van der Waals surface area contributed by atoms with Gasteiger partial charge in [-0.2, -0.15) is 0 Å². The molecule has 2 aromatic rings. The van der Waals surface area contributed by atoms with Gasteiger partial charge in [-0.25, -0.2) is 9.18 Å². The predicted molar refractivity (Wildman–Crippen MR) is 106 cm³/mol. The van der Waals surface area contributed by atoms with Crippen LogP contribution in [-0.2, 0) is 11.3 Å². The Morgan fingerprint density at radius 2 is 1.76 bits per heavy atom. The van der Waals surface area contributed by atoms with E-state index < -0.39 is 5.97 Å². The molecule has 0 spiro atoms. The summed E-state index contributed by atoms with van der Waals surface area (Å²) < 4.78 is 18.6. The largest absolute Gasteiger partial charge is 0.483 e. The van der Waals surface area contributed by atoms with Gasteiger partial charge in [0.05, 0.1) is 0 Å². The summed E-state index contributed by atoms with van der Waals surface area (Å²) in [6, 6.07) is 12.8. The molecule has 6 nitrogen and oxygen atoms in total. The highest BCUT2D eigenvalue weighted by atomic mass is 19.1. The summed E-state index contributed by atoms with van der Waals surface area (Å²) in [5.41, 5.74) is 1.06. The van der Waals surface area contributed by atoms with Gasteiger partial charge in [-0.1, -0.05) is 24.3 Å². The summed E-state index contributed by atoms with van der Waals surface area (Å²) in [5, 5.41) is 9.22. The molecule has 2 unspecified atom stereocenters. The maximum Gasteiger partial charge on any atom is 0.339 e. The van der Waals surface area contributed by atoms with E-state index in [4.69, 9.17) is 4.74 Å². The van der Waals surface area contributed by atoms with E-state index in [2.05, 4.69) is 11.8 Å². The van der Waals surface area contributed by atoms with Crippen molar-refractivity contribution in [1.29, 1.82) is 0 Å². The van der Waals surface area contributed by atoms with Crippen LogP contribution in [0.4, 0.5) is 4.39 Å². The SMILES string of the molecule is CC1CN(C(=O)COc2ccccc2C(=O)O)C(C)CN1Cc1ccc(F)cc1. The summed E-state index contributed by atoms with van der Waals surface area (Å²) in [6.07, 6.45) is 0. The van der Waals surface area contributed by atoms with Crippen molar-refractivity contribution in [2.75, 3.05) is 19.7 Å². The minimum atomic E-state index is -1.09. The van der Waals surface area contributed by atoms with Crippen LogP contribution in [0, 0.1) is 5.82 Å². The molecule has 1 aliphatic heterocycles. The fourth-order valence-electron chi connectivity index (χ4n) is 3.58. The first-order valence-electron chi connectivity index (χ1n) is 9.58. The number of carbonyl (C=O) groups excluding carboxylic acids is 1. The average Bonchev–Trinajstić information content (AvgIpc) is 2.70. The fraction of sp³-hybridized carbons (Fsp3) is 0.364. The Bertz CT molecular complexity index is 871. The van der Waals surface area contributed by atoms with Crippen LogP contribution in [0.2, 0.25) is 0 Å². The quantitative estimate of drug-likeness (QED) is 0.807. The molecule has 1 amide bonds. The Kier molecular flexibility index (Phi) is 6.49. The van der Waals surface area contributed by atoms with Crippen molar-refractivity contribution in [3.8, 4) is 5.75 Å². The molecule has 0 radical (unpaired) electrons. The zero-order valence-electron chi connectivity index (χ0n) is 16.5. The van der Waals surface area contributed by atoms with E-state index in [9.17, 15) is 19.1 Å². The monoisotopic (exact) mass is 400 g/mol. The predicted octanol–water partition coefficient (Wildman–Crippen LogP) is 3.02. The Hall–Kier alpha value is -2.93.